The van der Waals surface area contributed by atoms with Crippen molar-refractivity contribution in [2.24, 2.45) is 0 Å². The van der Waals surface area contributed by atoms with Gasteiger partial charge in [0.15, 0.2) is 5.15 Å². The van der Waals surface area contributed by atoms with E-state index < -0.39 is 0 Å². The summed E-state index contributed by atoms with van der Waals surface area (Å²) in [6.45, 7) is 0. The lowest BCUT2D eigenvalue weighted by atomic mass is 10.3. The van der Waals surface area contributed by atoms with Crippen LogP contribution in [0, 0.1) is 0 Å². The minimum atomic E-state index is -0.224. The monoisotopic (exact) mass is 276 g/mol. The predicted octanol–water partition coefficient (Wildman–Crippen LogP) is 2.71. The van der Waals surface area contributed by atoms with Gasteiger partial charge in [0, 0.05) is 18.4 Å². The molecule has 5 nitrogen and oxygen atoms in total. The number of hydrogen-bond acceptors (Lipinski definition) is 3. The van der Waals surface area contributed by atoms with Crippen LogP contribution in [0.4, 0.5) is 11.4 Å². The van der Waals surface area contributed by atoms with Gasteiger partial charge in [-0.1, -0.05) is 11.6 Å². The lowest BCUT2D eigenvalue weighted by Gasteiger charge is -2.09. The SMILES string of the molecule is Nc1cc(C(=O)Nc2cccnc2Cl)n(C2CC2)c1. The molecule has 2 heterocycles. The Morgan fingerprint density at radius 3 is 3.00 bits per heavy atom. The van der Waals surface area contributed by atoms with Gasteiger partial charge in [0.1, 0.15) is 5.69 Å². The molecule has 0 atom stereocenters. The Hall–Kier alpha value is -2.01. The average Bonchev–Trinajstić information content (AvgIpc) is 3.15. The zero-order valence-electron chi connectivity index (χ0n) is 10.1. The van der Waals surface area contributed by atoms with Gasteiger partial charge in [0.25, 0.3) is 5.91 Å². The fourth-order valence-corrected chi connectivity index (χ4v) is 2.17. The molecule has 0 unspecified atom stereocenters. The number of nitrogens with two attached hydrogens (primary N) is 1. The number of carbonyl (C=O) groups is 1. The first-order valence-electron chi connectivity index (χ1n) is 6.04. The number of amides is 1. The van der Waals surface area contributed by atoms with Crippen molar-refractivity contribution in [3.63, 3.8) is 0 Å². The van der Waals surface area contributed by atoms with E-state index in [-0.39, 0.29) is 11.1 Å². The second-order valence-electron chi connectivity index (χ2n) is 4.59. The van der Waals surface area contributed by atoms with E-state index in [1.165, 1.54) is 0 Å². The molecule has 2 aromatic heterocycles. The van der Waals surface area contributed by atoms with Crippen molar-refractivity contribution < 1.29 is 4.79 Å². The summed E-state index contributed by atoms with van der Waals surface area (Å²) in [6.07, 6.45) is 5.55. The topological polar surface area (TPSA) is 72.9 Å². The molecule has 0 radical (unpaired) electrons. The summed E-state index contributed by atoms with van der Waals surface area (Å²) in [7, 11) is 0. The molecular weight excluding hydrogens is 264 g/mol. The molecular formula is C13H13ClN4O. The Morgan fingerprint density at radius 2 is 2.32 bits per heavy atom. The summed E-state index contributed by atoms with van der Waals surface area (Å²) in [4.78, 5) is 16.2. The van der Waals surface area contributed by atoms with Crippen LogP contribution in [0.1, 0.15) is 29.4 Å². The number of nitrogen functional groups attached to an aromatic ring is 1. The summed E-state index contributed by atoms with van der Waals surface area (Å²) in [5, 5.41) is 3.02. The molecule has 1 fully saturated rings. The summed E-state index contributed by atoms with van der Waals surface area (Å²) in [5.74, 6) is -0.224. The highest BCUT2D eigenvalue weighted by atomic mass is 35.5. The lowest BCUT2D eigenvalue weighted by Crippen LogP contribution is -2.16. The van der Waals surface area contributed by atoms with Gasteiger partial charge in [-0.05, 0) is 31.0 Å². The van der Waals surface area contributed by atoms with Crippen LogP contribution in [0.5, 0.6) is 0 Å². The van der Waals surface area contributed by atoms with Crippen molar-refractivity contribution in [3.05, 3.63) is 41.4 Å². The van der Waals surface area contributed by atoms with Gasteiger partial charge in [-0.25, -0.2) is 4.98 Å². The fraction of sp³-hybridized carbons (Fsp3) is 0.231. The number of nitrogens with one attached hydrogen (secondary N) is 1. The molecule has 0 aliphatic heterocycles. The molecule has 1 amide bonds. The number of carbonyl (C=O) groups excluding carboxylic acids is 1. The summed E-state index contributed by atoms with van der Waals surface area (Å²) < 4.78 is 1.93. The molecule has 98 valence electrons. The van der Waals surface area contributed by atoms with Crippen molar-refractivity contribution in [1.82, 2.24) is 9.55 Å². The van der Waals surface area contributed by atoms with E-state index in [2.05, 4.69) is 10.3 Å². The third-order valence-electron chi connectivity index (χ3n) is 3.05. The molecule has 3 rings (SSSR count). The summed E-state index contributed by atoms with van der Waals surface area (Å²) >= 11 is 5.92. The van der Waals surface area contributed by atoms with E-state index in [9.17, 15) is 4.79 Å². The average molecular weight is 277 g/mol. The zero-order valence-corrected chi connectivity index (χ0v) is 10.9. The van der Waals surface area contributed by atoms with Gasteiger partial charge < -0.3 is 15.6 Å². The van der Waals surface area contributed by atoms with Crippen molar-refractivity contribution in [3.8, 4) is 0 Å². The Balaban J connectivity index is 1.86. The Bertz CT molecular complexity index is 633. The molecule has 1 aliphatic carbocycles. The normalized spacial score (nSPS) is 14.4. The second-order valence-corrected chi connectivity index (χ2v) is 4.95. The molecule has 2 aromatic rings. The van der Waals surface area contributed by atoms with E-state index in [1.54, 1.807) is 30.6 Å². The third kappa shape index (κ3) is 2.42. The quantitative estimate of drug-likeness (QED) is 0.847. The van der Waals surface area contributed by atoms with Crippen molar-refractivity contribution >= 4 is 28.9 Å². The van der Waals surface area contributed by atoms with Gasteiger partial charge in [-0.2, -0.15) is 0 Å². The van der Waals surface area contributed by atoms with Crippen LogP contribution in [0.15, 0.2) is 30.6 Å². The van der Waals surface area contributed by atoms with Crippen LogP contribution in [-0.2, 0) is 0 Å². The molecule has 6 heteroatoms. The van der Waals surface area contributed by atoms with Crippen molar-refractivity contribution in [2.75, 3.05) is 11.1 Å². The largest absolute Gasteiger partial charge is 0.397 e. The summed E-state index contributed by atoms with van der Waals surface area (Å²) in [5.41, 5.74) is 7.41. The Morgan fingerprint density at radius 1 is 1.53 bits per heavy atom. The third-order valence-corrected chi connectivity index (χ3v) is 3.35. The molecule has 19 heavy (non-hydrogen) atoms. The van der Waals surface area contributed by atoms with Crippen LogP contribution >= 0.6 is 11.6 Å². The van der Waals surface area contributed by atoms with Gasteiger partial charge in [0.2, 0.25) is 0 Å². The predicted molar refractivity (Wildman–Crippen MR) is 74.3 cm³/mol. The van der Waals surface area contributed by atoms with E-state index in [0.29, 0.717) is 23.1 Å². The maximum absolute atomic E-state index is 12.3. The number of aromatic nitrogens is 2. The first kappa shape index (κ1) is 12.0. The van der Waals surface area contributed by atoms with E-state index in [0.717, 1.165) is 12.8 Å². The molecule has 0 spiro atoms. The molecule has 1 saturated carbocycles. The lowest BCUT2D eigenvalue weighted by molar-refractivity contribution is 0.101. The van der Waals surface area contributed by atoms with Crippen LogP contribution < -0.4 is 11.1 Å². The number of halogens is 1. The summed E-state index contributed by atoms with van der Waals surface area (Å²) in [6, 6.07) is 5.50. The van der Waals surface area contributed by atoms with Crippen LogP contribution in [-0.4, -0.2) is 15.5 Å². The highest BCUT2D eigenvalue weighted by molar-refractivity contribution is 6.32. The standard InChI is InChI=1S/C13H13ClN4O/c14-12-10(2-1-5-16-12)17-13(19)11-6-8(15)7-18(11)9-3-4-9/h1-2,5-7,9H,3-4,15H2,(H,17,19). The Labute approximate surface area is 115 Å². The zero-order chi connectivity index (χ0) is 13.4. The highest BCUT2D eigenvalue weighted by Gasteiger charge is 2.27. The van der Waals surface area contributed by atoms with Gasteiger partial charge >= 0.3 is 0 Å². The molecule has 0 bridgehead atoms. The van der Waals surface area contributed by atoms with Gasteiger partial charge in [0.05, 0.1) is 11.4 Å². The highest BCUT2D eigenvalue weighted by Crippen LogP contribution is 2.37. The molecule has 3 N–H and O–H groups in total. The minimum absolute atomic E-state index is 0.224. The molecule has 1 aliphatic rings. The Kier molecular flexibility index (Phi) is 2.91. The van der Waals surface area contributed by atoms with Gasteiger partial charge in [-0.3, -0.25) is 4.79 Å². The van der Waals surface area contributed by atoms with E-state index >= 15 is 0 Å². The number of rotatable bonds is 3. The van der Waals surface area contributed by atoms with E-state index in [4.69, 9.17) is 17.3 Å². The number of anilines is 2. The van der Waals surface area contributed by atoms with Gasteiger partial charge in [-0.15, -0.1) is 0 Å². The molecule has 0 aromatic carbocycles. The van der Waals surface area contributed by atoms with Crippen LogP contribution in [0.2, 0.25) is 5.15 Å². The maximum Gasteiger partial charge on any atom is 0.272 e. The number of nitrogens with zero attached hydrogens (tertiary/aromatic N) is 2. The van der Waals surface area contributed by atoms with Crippen molar-refractivity contribution in [1.29, 1.82) is 0 Å². The second kappa shape index (κ2) is 4.59. The maximum atomic E-state index is 12.3. The smallest absolute Gasteiger partial charge is 0.272 e. The first-order valence-corrected chi connectivity index (χ1v) is 6.42. The number of pyridine rings is 1. The first-order chi connectivity index (χ1) is 9.15. The van der Waals surface area contributed by atoms with E-state index in [1.807, 2.05) is 4.57 Å². The fourth-order valence-electron chi connectivity index (χ4n) is 2.00. The van der Waals surface area contributed by atoms with Crippen molar-refractivity contribution in [2.45, 2.75) is 18.9 Å². The number of hydrogen-bond donors (Lipinski definition) is 2. The van der Waals surface area contributed by atoms with Crippen LogP contribution in [0.25, 0.3) is 0 Å². The minimum Gasteiger partial charge on any atom is -0.397 e. The molecule has 0 saturated heterocycles. The van der Waals surface area contributed by atoms with Crippen LogP contribution in [0.3, 0.4) is 0 Å².